The number of carbonyl (C=O) groups excluding carboxylic acids is 1. The molecule has 5 heteroatoms. The van der Waals surface area contributed by atoms with Gasteiger partial charge in [-0.3, -0.25) is 4.79 Å². The standard InChI is InChI=1S/C19H30N2O3/c1-5-16-8-6-7-11-21(16)18(22)15-9-10-17(20-14-15)23-12-13-24-19(2,3)4/h9-10,14,16H,5-8,11-13H2,1-4H3. The van der Waals surface area contributed by atoms with Gasteiger partial charge in [0, 0.05) is 24.8 Å². The Morgan fingerprint density at radius 3 is 2.71 bits per heavy atom. The van der Waals surface area contributed by atoms with Gasteiger partial charge in [-0.25, -0.2) is 4.98 Å². The molecule has 0 aliphatic carbocycles. The monoisotopic (exact) mass is 334 g/mol. The first-order valence-corrected chi connectivity index (χ1v) is 8.94. The van der Waals surface area contributed by atoms with Crippen LogP contribution in [-0.4, -0.2) is 47.2 Å². The summed E-state index contributed by atoms with van der Waals surface area (Å²) in [5, 5.41) is 0. The van der Waals surface area contributed by atoms with Gasteiger partial charge in [0.15, 0.2) is 0 Å². The van der Waals surface area contributed by atoms with Crippen LogP contribution in [0.1, 0.15) is 63.7 Å². The molecule has 1 amide bonds. The summed E-state index contributed by atoms with van der Waals surface area (Å²) in [6, 6.07) is 3.92. The molecule has 0 saturated carbocycles. The molecule has 5 nitrogen and oxygen atoms in total. The van der Waals surface area contributed by atoms with Crippen LogP contribution >= 0.6 is 0 Å². The van der Waals surface area contributed by atoms with Crippen molar-refractivity contribution in [2.45, 2.75) is 65.0 Å². The lowest BCUT2D eigenvalue weighted by Crippen LogP contribution is -2.43. The Morgan fingerprint density at radius 2 is 2.08 bits per heavy atom. The van der Waals surface area contributed by atoms with Crippen molar-refractivity contribution in [3.05, 3.63) is 23.9 Å². The van der Waals surface area contributed by atoms with Gasteiger partial charge >= 0.3 is 0 Å². The van der Waals surface area contributed by atoms with E-state index in [9.17, 15) is 4.79 Å². The molecule has 0 spiro atoms. The molecule has 1 atom stereocenters. The van der Waals surface area contributed by atoms with E-state index in [0.717, 1.165) is 25.8 Å². The molecule has 24 heavy (non-hydrogen) atoms. The number of amides is 1. The highest BCUT2D eigenvalue weighted by Gasteiger charge is 2.26. The first-order chi connectivity index (χ1) is 11.4. The van der Waals surface area contributed by atoms with Crippen molar-refractivity contribution in [2.75, 3.05) is 19.8 Å². The van der Waals surface area contributed by atoms with Crippen molar-refractivity contribution in [1.29, 1.82) is 0 Å². The Balaban J connectivity index is 1.88. The van der Waals surface area contributed by atoms with Crippen LogP contribution in [-0.2, 0) is 4.74 Å². The van der Waals surface area contributed by atoms with E-state index in [1.807, 2.05) is 25.7 Å². The summed E-state index contributed by atoms with van der Waals surface area (Å²) in [4.78, 5) is 18.9. The van der Waals surface area contributed by atoms with E-state index in [1.54, 1.807) is 18.3 Å². The average molecular weight is 334 g/mol. The van der Waals surface area contributed by atoms with Crippen molar-refractivity contribution in [3.8, 4) is 5.88 Å². The molecule has 0 bridgehead atoms. The molecule has 1 unspecified atom stereocenters. The fourth-order valence-electron chi connectivity index (χ4n) is 2.94. The van der Waals surface area contributed by atoms with Crippen LogP contribution in [0.3, 0.4) is 0 Å². The maximum Gasteiger partial charge on any atom is 0.255 e. The summed E-state index contributed by atoms with van der Waals surface area (Å²) < 4.78 is 11.2. The highest BCUT2D eigenvalue weighted by Crippen LogP contribution is 2.22. The van der Waals surface area contributed by atoms with Gasteiger partial charge in [-0.15, -0.1) is 0 Å². The van der Waals surface area contributed by atoms with Crippen LogP contribution in [0, 0.1) is 0 Å². The molecule has 0 aromatic carbocycles. The maximum atomic E-state index is 12.7. The Labute approximate surface area is 145 Å². The number of nitrogens with zero attached hydrogens (tertiary/aromatic N) is 2. The van der Waals surface area contributed by atoms with Gasteiger partial charge in [0.05, 0.1) is 17.8 Å². The van der Waals surface area contributed by atoms with E-state index in [2.05, 4.69) is 11.9 Å². The van der Waals surface area contributed by atoms with Crippen molar-refractivity contribution in [3.63, 3.8) is 0 Å². The highest BCUT2D eigenvalue weighted by molar-refractivity contribution is 5.94. The second kappa shape index (κ2) is 8.47. The Kier molecular flexibility index (Phi) is 6.60. The Morgan fingerprint density at radius 1 is 1.29 bits per heavy atom. The first kappa shape index (κ1) is 18.7. The lowest BCUT2D eigenvalue weighted by molar-refractivity contribution is -0.0168. The van der Waals surface area contributed by atoms with Gasteiger partial charge in [0.2, 0.25) is 5.88 Å². The smallest absolute Gasteiger partial charge is 0.255 e. The molecule has 0 N–H and O–H groups in total. The van der Waals surface area contributed by atoms with Crippen LogP contribution in [0.25, 0.3) is 0 Å². The largest absolute Gasteiger partial charge is 0.475 e. The van der Waals surface area contributed by atoms with Gasteiger partial charge in [-0.2, -0.15) is 0 Å². The molecule has 0 radical (unpaired) electrons. The zero-order chi connectivity index (χ0) is 17.6. The summed E-state index contributed by atoms with van der Waals surface area (Å²) in [5.41, 5.74) is 0.464. The molecule has 1 aromatic rings. The zero-order valence-corrected chi connectivity index (χ0v) is 15.4. The molecule has 134 valence electrons. The maximum absolute atomic E-state index is 12.7. The normalized spacial score (nSPS) is 18.5. The van der Waals surface area contributed by atoms with Gasteiger partial charge in [-0.1, -0.05) is 6.92 Å². The summed E-state index contributed by atoms with van der Waals surface area (Å²) in [6.07, 6.45) is 6.02. The number of hydrogen-bond acceptors (Lipinski definition) is 4. The average Bonchev–Trinajstić information content (AvgIpc) is 2.58. The fraction of sp³-hybridized carbons (Fsp3) is 0.684. The van der Waals surface area contributed by atoms with Gasteiger partial charge in [-0.05, 0) is 52.5 Å². The number of carbonyl (C=O) groups is 1. The van der Waals surface area contributed by atoms with Crippen LogP contribution < -0.4 is 4.74 Å². The molecule has 2 heterocycles. The second-order valence-electron chi connectivity index (χ2n) is 7.25. The molecule has 1 saturated heterocycles. The molecular formula is C19H30N2O3. The van der Waals surface area contributed by atoms with E-state index in [1.165, 1.54) is 6.42 Å². The van der Waals surface area contributed by atoms with Crippen molar-refractivity contribution in [2.24, 2.45) is 0 Å². The van der Waals surface area contributed by atoms with Crippen LogP contribution in [0.15, 0.2) is 18.3 Å². The third kappa shape index (κ3) is 5.48. The minimum Gasteiger partial charge on any atom is -0.475 e. The molecule has 1 aliphatic heterocycles. The number of piperidine rings is 1. The molecule has 1 aromatic heterocycles. The van der Waals surface area contributed by atoms with E-state index in [-0.39, 0.29) is 11.5 Å². The lowest BCUT2D eigenvalue weighted by atomic mass is 9.99. The molecule has 1 aliphatic rings. The predicted molar refractivity (Wildman–Crippen MR) is 94.4 cm³/mol. The van der Waals surface area contributed by atoms with Gasteiger partial charge in [0.1, 0.15) is 6.61 Å². The third-order valence-electron chi connectivity index (χ3n) is 4.21. The van der Waals surface area contributed by atoms with E-state index in [4.69, 9.17) is 9.47 Å². The summed E-state index contributed by atoms with van der Waals surface area (Å²) in [6.45, 7) is 9.98. The minimum absolute atomic E-state index is 0.0802. The summed E-state index contributed by atoms with van der Waals surface area (Å²) in [7, 11) is 0. The number of aromatic nitrogens is 1. The van der Waals surface area contributed by atoms with Crippen LogP contribution in [0.5, 0.6) is 5.88 Å². The van der Waals surface area contributed by atoms with Crippen molar-refractivity contribution >= 4 is 5.91 Å². The Hall–Kier alpha value is -1.62. The summed E-state index contributed by atoms with van der Waals surface area (Å²) >= 11 is 0. The third-order valence-corrected chi connectivity index (χ3v) is 4.21. The van der Waals surface area contributed by atoms with E-state index in [0.29, 0.717) is 30.7 Å². The minimum atomic E-state index is -0.169. The first-order valence-electron chi connectivity index (χ1n) is 8.94. The van der Waals surface area contributed by atoms with Crippen molar-refractivity contribution < 1.29 is 14.3 Å². The highest BCUT2D eigenvalue weighted by atomic mass is 16.5. The van der Waals surface area contributed by atoms with Gasteiger partial charge in [0.25, 0.3) is 5.91 Å². The molecular weight excluding hydrogens is 304 g/mol. The number of likely N-dealkylation sites (tertiary alicyclic amines) is 1. The molecule has 1 fully saturated rings. The quantitative estimate of drug-likeness (QED) is 0.745. The van der Waals surface area contributed by atoms with Crippen LogP contribution in [0.2, 0.25) is 0 Å². The number of hydrogen-bond donors (Lipinski definition) is 0. The SMILES string of the molecule is CCC1CCCCN1C(=O)c1ccc(OCCOC(C)(C)C)nc1. The zero-order valence-electron chi connectivity index (χ0n) is 15.4. The topological polar surface area (TPSA) is 51.7 Å². The second-order valence-corrected chi connectivity index (χ2v) is 7.25. The lowest BCUT2D eigenvalue weighted by Gasteiger charge is -2.35. The fourth-order valence-corrected chi connectivity index (χ4v) is 2.94. The molecule has 2 rings (SSSR count). The number of ether oxygens (including phenoxy) is 2. The van der Waals surface area contributed by atoms with Crippen LogP contribution in [0.4, 0.5) is 0 Å². The van der Waals surface area contributed by atoms with E-state index >= 15 is 0 Å². The number of pyridine rings is 1. The van der Waals surface area contributed by atoms with Crippen molar-refractivity contribution in [1.82, 2.24) is 9.88 Å². The predicted octanol–water partition coefficient (Wildman–Crippen LogP) is 3.68. The number of rotatable bonds is 6. The Bertz CT molecular complexity index is 522. The van der Waals surface area contributed by atoms with Gasteiger partial charge < -0.3 is 14.4 Å². The summed E-state index contributed by atoms with van der Waals surface area (Å²) in [5.74, 6) is 0.603. The van der Waals surface area contributed by atoms with E-state index < -0.39 is 0 Å².